The number of carbonyl (C=O) groups is 1. The molecule has 82 valence electrons. The molecule has 0 saturated carbocycles. The Bertz CT molecular complexity index is 506. The van der Waals surface area contributed by atoms with E-state index in [1.165, 1.54) is 0 Å². The highest BCUT2D eigenvalue weighted by Gasteiger charge is 2.10. The molecule has 0 aliphatic heterocycles. The van der Waals surface area contributed by atoms with Gasteiger partial charge in [0.15, 0.2) is 0 Å². The molecule has 1 heterocycles. The summed E-state index contributed by atoms with van der Waals surface area (Å²) in [5.74, 6) is -0.382. The van der Waals surface area contributed by atoms with Crippen molar-refractivity contribution in [3.05, 3.63) is 47.5 Å². The molecule has 4 nitrogen and oxygen atoms in total. The van der Waals surface area contributed by atoms with Crippen LogP contribution in [-0.2, 0) is 0 Å². The smallest absolute Gasteiger partial charge is 0.249 e. The van der Waals surface area contributed by atoms with Crippen LogP contribution in [0.5, 0.6) is 0 Å². The van der Waals surface area contributed by atoms with E-state index in [9.17, 15) is 4.79 Å². The van der Waals surface area contributed by atoms with Gasteiger partial charge in [-0.15, -0.1) is 0 Å². The number of benzene rings is 1. The number of nitrogens with two attached hydrogens (primary N) is 1. The number of amides is 1. The lowest BCUT2D eigenvalue weighted by atomic mass is 10.0. The molecule has 0 fully saturated rings. The van der Waals surface area contributed by atoms with Crippen molar-refractivity contribution in [2.45, 2.75) is 13.8 Å². The monoisotopic (exact) mass is 215 g/mol. The first-order valence-corrected chi connectivity index (χ1v) is 4.99. The summed E-state index contributed by atoms with van der Waals surface area (Å²) in [6.45, 7) is 3.76. The lowest BCUT2D eigenvalue weighted by molar-refractivity contribution is 0.0999. The molecule has 0 bridgehead atoms. The minimum absolute atomic E-state index is 0.382. The lowest BCUT2D eigenvalue weighted by Crippen LogP contribution is -2.15. The number of aryl methyl sites for hydroxylation is 2. The summed E-state index contributed by atoms with van der Waals surface area (Å²) >= 11 is 0. The normalized spacial score (nSPS) is 10.4. The molecule has 16 heavy (non-hydrogen) atoms. The van der Waals surface area contributed by atoms with Crippen molar-refractivity contribution >= 4 is 5.91 Å². The summed E-state index contributed by atoms with van der Waals surface area (Å²) in [6, 6.07) is 3.85. The molecule has 0 aliphatic rings. The molecule has 1 aromatic carbocycles. The number of primary amides is 1. The zero-order valence-electron chi connectivity index (χ0n) is 9.27. The van der Waals surface area contributed by atoms with Gasteiger partial charge in [0.05, 0.1) is 6.33 Å². The van der Waals surface area contributed by atoms with E-state index in [4.69, 9.17) is 5.73 Å². The van der Waals surface area contributed by atoms with Crippen molar-refractivity contribution in [1.29, 1.82) is 0 Å². The van der Waals surface area contributed by atoms with Gasteiger partial charge >= 0.3 is 0 Å². The van der Waals surface area contributed by atoms with Crippen LogP contribution >= 0.6 is 0 Å². The number of imidazole rings is 1. The lowest BCUT2D eigenvalue weighted by Gasteiger charge is -2.10. The van der Waals surface area contributed by atoms with Crippen LogP contribution in [0.3, 0.4) is 0 Å². The van der Waals surface area contributed by atoms with Gasteiger partial charge in [0, 0.05) is 23.6 Å². The summed E-state index contributed by atoms with van der Waals surface area (Å²) in [7, 11) is 0. The van der Waals surface area contributed by atoms with Crippen molar-refractivity contribution in [3.8, 4) is 5.69 Å². The predicted octanol–water partition coefficient (Wildman–Crippen LogP) is 1.59. The second kappa shape index (κ2) is 3.81. The minimum Gasteiger partial charge on any atom is -0.366 e. The first-order chi connectivity index (χ1) is 7.59. The van der Waals surface area contributed by atoms with Crippen molar-refractivity contribution < 1.29 is 4.79 Å². The van der Waals surface area contributed by atoms with Crippen molar-refractivity contribution in [3.63, 3.8) is 0 Å². The maximum absolute atomic E-state index is 11.2. The standard InChI is InChI=1S/C12H13N3O/c1-8-5-10(15-4-3-14-7-15)6-9(2)11(8)12(13)16/h3-7H,1-2H3,(H2,13,16). The fraction of sp³-hybridized carbons (Fsp3) is 0.167. The Morgan fingerprint density at radius 2 is 1.94 bits per heavy atom. The van der Waals surface area contributed by atoms with Crippen molar-refractivity contribution in [1.82, 2.24) is 9.55 Å². The third-order valence-electron chi connectivity index (χ3n) is 2.57. The molecule has 1 aromatic heterocycles. The summed E-state index contributed by atoms with van der Waals surface area (Å²) in [5, 5.41) is 0. The third kappa shape index (κ3) is 1.69. The summed E-state index contributed by atoms with van der Waals surface area (Å²) in [4.78, 5) is 15.2. The van der Waals surface area contributed by atoms with Gasteiger partial charge in [0.1, 0.15) is 0 Å². The molecular formula is C12H13N3O. The molecule has 2 aromatic rings. The Morgan fingerprint density at radius 3 is 2.38 bits per heavy atom. The Morgan fingerprint density at radius 1 is 1.31 bits per heavy atom. The average molecular weight is 215 g/mol. The van der Waals surface area contributed by atoms with Gasteiger partial charge in [-0.1, -0.05) is 0 Å². The van der Waals surface area contributed by atoms with Crippen LogP contribution in [0.15, 0.2) is 30.9 Å². The molecule has 0 unspecified atom stereocenters. The summed E-state index contributed by atoms with van der Waals surface area (Å²) in [6.07, 6.45) is 5.29. The van der Waals surface area contributed by atoms with Gasteiger partial charge < -0.3 is 10.3 Å². The van der Waals surface area contributed by atoms with Crippen LogP contribution in [0.2, 0.25) is 0 Å². The van der Waals surface area contributed by atoms with Crippen LogP contribution in [0.1, 0.15) is 21.5 Å². The molecule has 0 radical (unpaired) electrons. The van der Waals surface area contributed by atoms with Gasteiger partial charge in [-0.3, -0.25) is 4.79 Å². The summed E-state index contributed by atoms with van der Waals surface area (Å²) in [5.41, 5.74) is 8.68. The first-order valence-electron chi connectivity index (χ1n) is 4.99. The van der Waals surface area contributed by atoms with E-state index in [1.54, 1.807) is 12.5 Å². The van der Waals surface area contributed by atoms with E-state index >= 15 is 0 Å². The zero-order chi connectivity index (χ0) is 11.7. The van der Waals surface area contributed by atoms with E-state index in [-0.39, 0.29) is 5.91 Å². The molecule has 0 atom stereocenters. The number of aromatic nitrogens is 2. The van der Waals surface area contributed by atoms with Crippen LogP contribution < -0.4 is 5.73 Å². The van der Waals surface area contributed by atoms with Crippen LogP contribution in [0.4, 0.5) is 0 Å². The SMILES string of the molecule is Cc1cc(-n2ccnc2)cc(C)c1C(N)=O. The summed E-state index contributed by atoms with van der Waals surface area (Å²) < 4.78 is 1.89. The first kappa shape index (κ1) is 10.4. The Hall–Kier alpha value is -2.10. The van der Waals surface area contributed by atoms with Crippen LogP contribution in [-0.4, -0.2) is 15.5 Å². The fourth-order valence-corrected chi connectivity index (χ4v) is 1.89. The van der Waals surface area contributed by atoms with Gasteiger partial charge in [0.2, 0.25) is 5.91 Å². The van der Waals surface area contributed by atoms with Crippen LogP contribution in [0, 0.1) is 13.8 Å². The number of carbonyl (C=O) groups excluding carboxylic acids is 1. The number of hydrogen-bond donors (Lipinski definition) is 1. The highest BCUT2D eigenvalue weighted by atomic mass is 16.1. The van der Waals surface area contributed by atoms with E-state index in [1.807, 2.05) is 36.7 Å². The molecule has 0 saturated heterocycles. The molecule has 0 aliphatic carbocycles. The molecule has 1 amide bonds. The molecule has 0 spiro atoms. The Kier molecular flexibility index (Phi) is 2.48. The molecule has 2 N–H and O–H groups in total. The van der Waals surface area contributed by atoms with E-state index < -0.39 is 0 Å². The maximum Gasteiger partial charge on any atom is 0.249 e. The van der Waals surface area contributed by atoms with Gasteiger partial charge in [-0.25, -0.2) is 4.98 Å². The number of hydrogen-bond acceptors (Lipinski definition) is 2. The Balaban J connectivity index is 2.58. The minimum atomic E-state index is -0.382. The van der Waals surface area contributed by atoms with Crippen molar-refractivity contribution in [2.75, 3.05) is 0 Å². The average Bonchev–Trinajstić information content (AvgIpc) is 2.67. The number of nitrogens with zero attached hydrogens (tertiary/aromatic N) is 2. The van der Waals surface area contributed by atoms with E-state index in [0.717, 1.165) is 16.8 Å². The van der Waals surface area contributed by atoms with Crippen LogP contribution in [0.25, 0.3) is 5.69 Å². The van der Waals surface area contributed by atoms with Crippen molar-refractivity contribution in [2.24, 2.45) is 5.73 Å². The molecule has 4 heteroatoms. The highest BCUT2D eigenvalue weighted by molar-refractivity contribution is 5.96. The predicted molar refractivity (Wildman–Crippen MR) is 61.6 cm³/mol. The van der Waals surface area contributed by atoms with Gasteiger partial charge in [-0.05, 0) is 37.1 Å². The van der Waals surface area contributed by atoms with Gasteiger partial charge in [0.25, 0.3) is 0 Å². The number of rotatable bonds is 2. The third-order valence-corrected chi connectivity index (χ3v) is 2.57. The molecular weight excluding hydrogens is 202 g/mol. The van der Waals surface area contributed by atoms with E-state index in [2.05, 4.69) is 4.98 Å². The topological polar surface area (TPSA) is 60.9 Å². The highest BCUT2D eigenvalue weighted by Crippen LogP contribution is 2.18. The largest absolute Gasteiger partial charge is 0.366 e. The zero-order valence-corrected chi connectivity index (χ0v) is 9.27. The second-order valence-electron chi connectivity index (χ2n) is 3.79. The van der Waals surface area contributed by atoms with E-state index in [0.29, 0.717) is 5.56 Å². The quantitative estimate of drug-likeness (QED) is 0.826. The fourth-order valence-electron chi connectivity index (χ4n) is 1.89. The Labute approximate surface area is 93.7 Å². The second-order valence-corrected chi connectivity index (χ2v) is 3.79. The molecule has 2 rings (SSSR count). The maximum atomic E-state index is 11.2. The van der Waals surface area contributed by atoms with Gasteiger partial charge in [-0.2, -0.15) is 0 Å².